The van der Waals surface area contributed by atoms with E-state index in [0.717, 1.165) is 23.3 Å². The number of hydrogen-bond donors (Lipinski definition) is 2. The summed E-state index contributed by atoms with van der Waals surface area (Å²) in [5.41, 5.74) is 8.00. The molecule has 5 nitrogen and oxygen atoms in total. The average Bonchev–Trinajstić information content (AvgIpc) is 2.61. The zero-order valence-electron chi connectivity index (χ0n) is 14.9. The van der Waals surface area contributed by atoms with Gasteiger partial charge in [0.25, 0.3) is 0 Å². The number of phenolic OH excluding ortho intramolecular Hbond substituents is 1. The number of phenols is 1. The molecule has 1 unspecified atom stereocenters. The number of nitrogens with zero attached hydrogens (tertiary/aromatic N) is 1. The van der Waals surface area contributed by atoms with Crippen molar-refractivity contribution in [1.82, 2.24) is 0 Å². The molecule has 1 atom stereocenters. The highest BCUT2D eigenvalue weighted by molar-refractivity contribution is 5.57. The second-order valence-corrected chi connectivity index (χ2v) is 6.75. The van der Waals surface area contributed by atoms with Crippen LogP contribution in [0.3, 0.4) is 0 Å². The third-order valence-corrected chi connectivity index (χ3v) is 4.38. The predicted molar refractivity (Wildman–Crippen MR) is 98.8 cm³/mol. The third kappa shape index (κ3) is 3.60. The summed E-state index contributed by atoms with van der Waals surface area (Å²) in [5, 5.41) is 19.2. The maximum atomic E-state index is 9.69. The summed E-state index contributed by atoms with van der Waals surface area (Å²) in [4.78, 5) is 0. The molecule has 2 aromatic carbocycles. The smallest absolute Gasteiger partial charge is 0.205 e. The molecule has 0 saturated carbocycles. The number of ether oxygens (including phenoxy) is 2. The number of nitriles is 1. The normalized spacial score (nSPS) is 16.0. The van der Waals surface area contributed by atoms with E-state index < -0.39 is 0 Å². The van der Waals surface area contributed by atoms with Gasteiger partial charge in [0.1, 0.15) is 28.9 Å². The van der Waals surface area contributed by atoms with Crippen LogP contribution in [0.15, 0.2) is 53.9 Å². The van der Waals surface area contributed by atoms with Gasteiger partial charge in [-0.05, 0) is 36.1 Å². The monoisotopic (exact) mass is 350 g/mol. The van der Waals surface area contributed by atoms with Crippen LogP contribution >= 0.6 is 0 Å². The molecule has 134 valence electrons. The summed E-state index contributed by atoms with van der Waals surface area (Å²) in [6, 6.07) is 14.7. The summed E-state index contributed by atoms with van der Waals surface area (Å²) < 4.78 is 11.3. The molecule has 1 aliphatic heterocycles. The molecule has 0 bridgehead atoms. The minimum absolute atomic E-state index is 0.0628. The highest BCUT2D eigenvalue weighted by Crippen LogP contribution is 2.43. The minimum atomic E-state index is -0.339. The number of rotatable bonds is 5. The summed E-state index contributed by atoms with van der Waals surface area (Å²) in [6.45, 7) is 4.99. The standard InChI is InChI=1S/C21H22N2O3/c1-13(2)9-10-25-16-6-3-14(4-7-16)20-17-8-5-15(24)11-19(17)26-21(23)18(20)12-22/h3-8,11,13,20,24H,9-10,23H2,1-2H3. The van der Waals surface area contributed by atoms with Crippen molar-refractivity contribution in [3.63, 3.8) is 0 Å². The van der Waals surface area contributed by atoms with E-state index in [1.54, 1.807) is 12.1 Å². The zero-order valence-corrected chi connectivity index (χ0v) is 14.9. The van der Waals surface area contributed by atoms with Gasteiger partial charge in [0.05, 0.1) is 12.5 Å². The lowest BCUT2D eigenvalue weighted by Crippen LogP contribution is -2.20. The highest BCUT2D eigenvalue weighted by Gasteiger charge is 2.30. The number of aromatic hydroxyl groups is 1. The molecule has 2 aromatic rings. The molecule has 26 heavy (non-hydrogen) atoms. The first-order chi connectivity index (χ1) is 12.5. The van der Waals surface area contributed by atoms with Crippen LogP contribution in [0.4, 0.5) is 0 Å². The predicted octanol–water partition coefficient (Wildman–Crippen LogP) is 4.04. The summed E-state index contributed by atoms with van der Waals surface area (Å²) >= 11 is 0. The molecule has 0 radical (unpaired) electrons. The molecule has 1 heterocycles. The topological polar surface area (TPSA) is 88.5 Å². The van der Waals surface area contributed by atoms with Crippen molar-refractivity contribution in [3.05, 3.63) is 65.0 Å². The molecule has 0 aromatic heterocycles. The molecule has 0 saturated heterocycles. The van der Waals surface area contributed by atoms with Crippen LogP contribution in [0.1, 0.15) is 37.3 Å². The van der Waals surface area contributed by atoms with Gasteiger partial charge in [-0.2, -0.15) is 5.26 Å². The Morgan fingerprint density at radius 1 is 1.23 bits per heavy atom. The molecule has 1 aliphatic rings. The van der Waals surface area contributed by atoms with Crippen LogP contribution < -0.4 is 15.2 Å². The molecule has 0 fully saturated rings. The fourth-order valence-electron chi connectivity index (χ4n) is 2.96. The summed E-state index contributed by atoms with van der Waals surface area (Å²) in [6.07, 6.45) is 0.996. The maximum absolute atomic E-state index is 9.69. The molecular weight excluding hydrogens is 328 g/mol. The Hall–Kier alpha value is -3.13. The second kappa shape index (κ2) is 7.40. The summed E-state index contributed by atoms with van der Waals surface area (Å²) in [5.74, 6) is 1.66. The Labute approximate surface area is 153 Å². The largest absolute Gasteiger partial charge is 0.508 e. The van der Waals surface area contributed by atoms with Crippen LogP contribution in [0.2, 0.25) is 0 Å². The number of allylic oxidation sites excluding steroid dienone is 1. The van der Waals surface area contributed by atoms with E-state index in [4.69, 9.17) is 15.2 Å². The van der Waals surface area contributed by atoms with E-state index >= 15 is 0 Å². The third-order valence-electron chi connectivity index (χ3n) is 4.38. The quantitative estimate of drug-likeness (QED) is 0.850. The van der Waals surface area contributed by atoms with Crippen molar-refractivity contribution in [2.24, 2.45) is 11.7 Å². The summed E-state index contributed by atoms with van der Waals surface area (Å²) in [7, 11) is 0. The molecule has 3 rings (SSSR count). The Morgan fingerprint density at radius 2 is 1.96 bits per heavy atom. The fraction of sp³-hybridized carbons (Fsp3) is 0.286. The first-order valence-electron chi connectivity index (χ1n) is 8.63. The van der Waals surface area contributed by atoms with Crippen LogP contribution in [0.25, 0.3) is 0 Å². The van der Waals surface area contributed by atoms with E-state index in [9.17, 15) is 10.4 Å². The van der Waals surface area contributed by atoms with E-state index in [1.807, 2.05) is 24.3 Å². The average molecular weight is 350 g/mol. The van der Waals surface area contributed by atoms with Crippen molar-refractivity contribution in [3.8, 4) is 23.3 Å². The Balaban J connectivity index is 1.91. The van der Waals surface area contributed by atoms with Gasteiger partial charge in [0, 0.05) is 11.6 Å². The van der Waals surface area contributed by atoms with Gasteiger partial charge in [0.15, 0.2) is 0 Å². The molecular formula is C21H22N2O3. The lowest BCUT2D eigenvalue weighted by atomic mass is 9.83. The molecule has 5 heteroatoms. The van der Waals surface area contributed by atoms with Gasteiger partial charge >= 0.3 is 0 Å². The van der Waals surface area contributed by atoms with Crippen molar-refractivity contribution >= 4 is 0 Å². The van der Waals surface area contributed by atoms with E-state index in [0.29, 0.717) is 23.8 Å². The molecule has 0 spiro atoms. The van der Waals surface area contributed by atoms with Crippen molar-refractivity contribution < 1.29 is 14.6 Å². The fourth-order valence-corrected chi connectivity index (χ4v) is 2.96. The van der Waals surface area contributed by atoms with E-state index in [-0.39, 0.29) is 17.6 Å². The zero-order chi connectivity index (χ0) is 18.7. The Bertz CT molecular complexity index is 864. The highest BCUT2D eigenvalue weighted by atomic mass is 16.5. The molecule has 0 aliphatic carbocycles. The van der Waals surface area contributed by atoms with Crippen LogP contribution in [0, 0.1) is 17.2 Å². The van der Waals surface area contributed by atoms with Gasteiger partial charge < -0.3 is 20.3 Å². The van der Waals surface area contributed by atoms with Crippen LogP contribution in [-0.4, -0.2) is 11.7 Å². The maximum Gasteiger partial charge on any atom is 0.205 e. The van der Waals surface area contributed by atoms with Crippen LogP contribution in [0.5, 0.6) is 17.2 Å². The van der Waals surface area contributed by atoms with Crippen LogP contribution in [-0.2, 0) is 0 Å². The first kappa shape index (κ1) is 17.7. The first-order valence-corrected chi connectivity index (χ1v) is 8.63. The molecule has 0 amide bonds. The van der Waals surface area contributed by atoms with E-state index in [2.05, 4.69) is 19.9 Å². The number of benzene rings is 2. The van der Waals surface area contributed by atoms with Crippen molar-refractivity contribution in [2.75, 3.05) is 6.61 Å². The van der Waals surface area contributed by atoms with Gasteiger partial charge in [0.2, 0.25) is 5.88 Å². The van der Waals surface area contributed by atoms with Crippen molar-refractivity contribution in [1.29, 1.82) is 5.26 Å². The van der Waals surface area contributed by atoms with Gasteiger partial charge in [-0.15, -0.1) is 0 Å². The number of hydrogen-bond acceptors (Lipinski definition) is 5. The SMILES string of the molecule is CC(C)CCOc1ccc(C2C(C#N)=C(N)Oc3cc(O)ccc32)cc1. The lowest BCUT2D eigenvalue weighted by molar-refractivity contribution is 0.289. The van der Waals surface area contributed by atoms with E-state index in [1.165, 1.54) is 6.07 Å². The Kier molecular flexibility index (Phi) is 5.04. The minimum Gasteiger partial charge on any atom is -0.508 e. The van der Waals surface area contributed by atoms with Gasteiger partial charge in [-0.3, -0.25) is 0 Å². The lowest BCUT2D eigenvalue weighted by Gasteiger charge is -2.26. The van der Waals surface area contributed by atoms with Crippen molar-refractivity contribution in [2.45, 2.75) is 26.2 Å². The second-order valence-electron chi connectivity index (χ2n) is 6.75. The van der Waals surface area contributed by atoms with Gasteiger partial charge in [-0.25, -0.2) is 0 Å². The Morgan fingerprint density at radius 3 is 2.62 bits per heavy atom. The number of nitrogens with two attached hydrogens (primary N) is 1. The van der Waals surface area contributed by atoms with Gasteiger partial charge in [-0.1, -0.05) is 32.0 Å². The number of fused-ring (bicyclic) bond motifs is 1. The molecule has 3 N–H and O–H groups in total.